The predicted octanol–water partition coefficient (Wildman–Crippen LogP) is -0.629. The predicted molar refractivity (Wildman–Crippen MR) is 41.9 cm³/mol. The Morgan fingerprint density at radius 1 is 1.69 bits per heavy atom. The highest BCUT2D eigenvalue weighted by Crippen LogP contribution is 1.98. The Morgan fingerprint density at radius 2 is 2.23 bits per heavy atom. The van der Waals surface area contributed by atoms with Crippen molar-refractivity contribution in [1.82, 2.24) is 0 Å². The number of esters is 1. The van der Waals surface area contributed by atoms with Crippen LogP contribution in [0.4, 0.5) is 0 Å². The van der Waals surface area contributed by atoms with Gasteiger partial charge in [-0.1, -0.05) is 5.92 Å². The normalized spacial score (nSPS) is 13.0. The van der Waals surface area contributed by atoms with Crippen molar-refractivity contribution in [3.8, 4) is 12.3 Å². The van der Waals surface area contributed by atoms with Crippen molar-refractivity contribution < 1.29 is 26.7 Å². The van der Waals surface area contributed by atoms with Crippen LogP contribution >= 0.6 is 0 Å². The van der Waals surface area contributed by atoms with Crippen LogP contribution in [-0.4, -0.2) is 31.7 Å². The van der Waals surface area contributed by atoms with Crippen LogP contribution in [0.5, 0.6) is 0 Å². The Hall–Kier alpha value is -1.10. The van der Waals surface area contributed by atoms with Gasteiger partial charge in [0.1, 0.15) is 0 Å². The van der Waals surface area contributed by atoms with Gasteiger partial charge >= 0.3 is 16.4 Å². The summed E-state index contributed by atoms with van der Waals surface area (Å²) in [4.78, 5) is 10.8. The molecule has 0 radical (unpaired) electrons. The first-order valence-corrected chi connectivity index (χ1v) is 4.49. The van der Waals surface area contributed by atoms with Gasteiger partial charge in [-0.3, -0.25) is 4.55 Å². The molecule has 74 valence electrons. The van der Waals surface area contributed by atoms with E-state index < -0.39 is 22.5 Å². The number of carbonyl (C=O) groups is 1. The average Bonchev–Trinajstić information content (AvgIpc) is 1.96. The summed E-state index contributed by atoms with van der Waals surface area (Å²) >= 11 is 0. The number of ether oxygens (including phenoxy) is 1. The minimum Gasteiger partial charge on any atom is -0.451 e. The Balaban J connectivity index is 4.06. The molecule has 13 heavy (non-hydrogen) atoms. The van der Waals surface area contributed by atoms with Gasteiger partial charge in [-0.15, -0.1) is 6.42 Å². The van der Waals surface area contributed by atoms with Gasteiger partial charge in [0.15, 0.2) is 12.7 Å². The molecule has 1 unspecified atom stereocenters. The van der Waals surface area contributed by atoms with Crippen molar-refractivity contribution in [2.24, 2.45) is 0 Å². The fraction of sp³-hybridized carbons (Fsp3) is 0.500. The number of hydrogen-bond acceptors (Lipinski definition) is 5. The molecular formula is C6H8O6S. The van der Waals surface area contributed by atoms with Crippen molar-refractivity contribution in [3.05, 3.63) is 0 Å². The van der Waals surface area contributed by atoms with Gasteiger partial charge in [0.25, 0.3) is 0 Å². The molecule has 0 aliphatic heterocycles. The highest BCUT2D eigenvalue weighted by atomic mass is 32.3. The van der Waals surface area contributed by atoms with Gasteiger partial charge < -0.3 is 4.74 Å². The summed E-state index contributed by atoms with van der Waals surface area (Å²) in [7, 11) is -4.65. The SMILES string of the molecule is C#CCOC(=O)C(C)OS(=O)(=O)O. The number of hydrogen-bond donors (Lipinski definition) is 1. The molecule has 0 bridgehead atoms. The second-order valence-electron chi connectivity index (χ2n) is 1.98. The van der Waals surface area contributed by atoms with Crippen LogP contribution in [-0.2, 0) is 24.1 Å². The maximum atomic E-state index is 10.8. The third kappa shape index (κ3) is 6.10. The molecule has 0 aliphatic rings. The van der Waals surface area contributed by atoms with Crippen LogP contribution in [0.2, 0.25) is 0 Å². The van der Waals surface area contributed by atoms with E-state index in [1.807, 2.05) is 5.92 Å². The molecule has 0 aromatic heterocycles. The smallest absolute Gasteiger partial charge is 0.398 e. The summed E-state index contributed by atoms with van der Waals surface area (Å²) in [5.74, 6) is 1.04. The van der Waals surface area contributed by atoms with E-state index in [0.29, 0.717) is 0 Å². The summed E-state index contributed by atoms with van der Waals surface area (Å²) in [6.45, 7) is 0.824. The number of carbonyl (C=O) groups excluding carboxylic acids is 1. The molecule has 6 nitrogen and oxygen atoms in total. The molecule has 0 aromatic carbocycles. The number of rotatable bonds is 4. The first-order chi connectivity index (χ1) is 5.87. The van der Waals surface area contributed by atoms with Crippen LogP contribution in [0.1, 0.15) is 6.92 Å². The van der Waals surface area contributed by atoms with Crippen LogP contribution in [0.25, 0.3) is 0 Å². The lowest BCUT2D eigenvalue weighted by Gasteiger charge is -2.07. The standard InChI is InChI=1S/C6H8O6S/c1-3-4-11-6(7)5(2)12-13(8,9)10/h1,5H,4H2,2H3,(H,8,9,10). The van der Waals surface area contributed by atoms with E-state index in [2.05, 4.69) is 8.92 Å². The van der Waals surface area contributed by atoms with Crippen LogP contribution in [0.15, 0.2) is 0 Å². The van der Waals surface area contributed by atoms with E-state index >= 15 is 0 Å². The second-order valence-corrected chi connectivity index (χ2v) is 3.03. The lowest BCUT2D eigenvalue weighted by atomic mass is 10.4. The lowest BCUT2D eigenvalue weighted by molar-refractivity contribution is -0.149. The van der Waals surface area contributed by atoms with E-state index in [4.69, 9.17) is 11.0 Å². The molecule has 7 heteroatoms. The summed E-state index contributed by atoms with van der Waals surface area (Å²) in [6.07, 6.45) is 3.35. The molecule has 1 atom stereocenters. The van der Waals surface area contributed by atoms with E-state index in [1.54, 1.807) is 0 Å². The van der Waals surface area contributed by atoms with Crippen molar-refractivity contribution in [1.29, 1.82) is 0 Å². The van der Waals surface area contributed by atoms with Crippen LogP contribution in [0, 0.1) is 12.3 Å². The lowest BCUT2D eigenvalue weighted by Crippen LogP contribution is -2.26. The summed E-state index contributed by atoms with van der Waals surface area (Å²) in [5, 5.41) is 0. The number of terminal acetylenes is 1. The fourth-order valence-corrected chi connectivity index (χ4v) is 0.895. The highest BCUT2D eigenvalue weighted by molar-refractivity contribution is 7.80. The molecule has 0 fully saturated rings. The molecule has 0 aromatic rings. The molecule has 0 amide bonds. The molecule has 0 heterocycles. The monoisotopic (exact) mass is 208 g/mol. The Bertz CT molecular complexity index is 311. The molecule has 0 rings (SSSR count). The maximum Gasteiger partial charge on any atom is 0.398 e. The zero-order chi connectivity index (χ0) is 10.5. The Labute approximate surface area is 75.8 Å². The second kappa shape index (κ2) is 4.81. The van der Waals surface area contributed by atoms with Crippen molar-refractivity contribution in [3.63, 3.8) is 0 Å². The highest BCUT2D eigenvalue weighted by Gasteiger charge is 2.20. The maximum absolute atomic E-state index is 10.8. The van der Waals surface area contributed by atoms with Gasteiger partial charge in [-0.25, -0.2) is 8.98 Å². The molecule has 0 saturated carbocycles. The van der Waals surface area contributed by atoms with E-state index in [-0.39, 0.29) is 6.61 Å². The van der Waals surface area contributed by atoms with Gasteiger partial charge in [0.2, 0.25) is 0 Å². The quantitative estimate of drug-likeness (QED) is 0.376. The molecule has 0 spiro atoms. The Kier molecular flexibility index (Phi) is 4.40. The van der Waals surface area contributed by atoms with Crippen LogP contribution < -0.4 is 0 Å². The van der Waals surface area contributed by atoms with E-state index in [9.17, 15) is 13.2 Å². The first-order valence-electron chi connectivity index (χ1n) is 3.12. The zero-order valence-corrected chi connectivity index (χ0v) is 7.58. The minimum absolute atomic E-state index is 0.280. The van der Waals surface area contributed by atoms with Gasteiger partial charge in [0.05, 0.1) is 0 Å². The van der Waals surface area contributed by atoms with Gasteiger partial charge in [0, 0.05) is 0 Å². The van der Waals surface area contributed by atoms with Crippen molar-refractivity contribution in [2.45, 2.75) is 13.0 Å². The van der Waals surface area contributed by atoms with Crippen LogP contribution in [0.3, 0.4) is 0 Å². The topological polar surface area (TPSA) is 89.9 Å². The van der Waals surface area contributed by atoms with Gasteiger partial charge in [-0.2, -0.15) is 8.42 Å². The van der Waals surface area contributed by atoms with Crippen molar-refractivity contribution >= 4 is 16.4 Å². The van der Waals surface area contributed by atoms with Crippen molar-refractivity contribution in [2.75, 3.05) is 6.61 Å². The minimum atomic E-state index is -4.65. The zero-order valence-electron chi connectivity index (χ0n) is 6.76. The summed E-state index contributed by atoms with van der Waals surface area (Å²) in [6, 6.07) is 0. The van der Waals surface area contributed by atoms with E-state index in [0.717, 1.165) is 6.92 Å². The molecular weight excluding hydrogens is 200 g/mol. The molecule has 0 saturated heterocycles. The summed E-state index contributed by atoms with van der Waals surface area (Å²) in [5.41, 5.74) is 0. The van der Waals surface area contributed by atoms with E-state index in [1.165, 1.54) is 0 Å². The molecule has 0 aliphatic carbocycles. The third-order valence-electron chi connectivity index (χ3n) is 0.896. The largest absolute Gasteiger partial charge is 0.451 e. The first kappa shape index (κ1) is 11.9. The molecule has 1 N–H and O–H groups in total. The van der Waals surface area contributed by atoms with Gasteiger partial charge in [-0.05, 0) is 6.92 Å². The summed E-state index contributed by atoms with van der Waals surface area (Å²) < 4.78 is 36.6. The average molecular weight is 208 g/mol. The fourth-order valence-electron chi connectivity index (χ4n) is 0.452. The Morgan fingerprint density at radius 3 is 2.62 bits per heavy atom. The third-order valence-corrected chi connectivity index (χ3v) is 1.43.